The number of fused-ring (bicyclic) bond motifs is 1. The van der Waals surface area contributed by atoms with Crippen molar-refractivity contribution in [3.8, 4) is 0 Å². The summed E-state index contributed by atoms with van der Waals surface area (Å²) in [5.41, 5.74) is 1.07. The summed E-state index contributed by atoms with van der Waals surface area (Å²) in [5.74, 6) is 0.586. The minimum Gasteiger partial charge on any atom is -0.390 e. The molecule has 6 nitrogen and oxygen atoms in total. The SMILES string of the molecule is CC(C)(C)c1csc(CNC(=O)N2C[C@H]3C[C@H](O)[C@H](O)C[C@H]3C2)n1. The molecule has 2 fully saturated rings. The lowest BCUT2D eigenvalue weighted by atomic mass is 9.79. The van der Waals surface area contributed by atoms with E-state index >= 15 is 0 Å². The number of hydrogen-bond acceptors (Lipinski definition) is 5. The van der Waals surface area contributed by atoms with Gasteiger partial charge in [0.15, 0.2) is 0 Å². The van der Waals surface area contributed by atoms with E-state index in [9.17, 15) is 15.0 Å². The van der Waals surface area contributed by atoms with Crippen molar-refractivity contribution in [2.75, 3.05) is 13.1 Å². The summed E-state index contributed by atoms with van der Waals surface area (Å²) in [6.45, 7) is 8.13. The molecule has 1 aromatic heterocycles. The molecule has 0 radical (unpaired) electrons. The molecule has 1 saturated heterocycles. The van der Waals surface area contributed by atoms with Gasteiger partial charge in [-0.25, -0.2) is 9.78 Å². The highest BCUT2D eigenvalue weighted by atomic mass is 32.1. The van der Waals surface area contributed by atoms with Gasteiger partial charge in [0.1, 0.15) is 5.01 Å². The van der Waals surface area contributed by atoms with Gasteiger partial charge in [-0.2, -0.15) is 0 Å². The molecule has 0 spiro atoms. The standard InChI is InChI=1S/C17H27N3O3S/c1-17(2,3)14-9-24-15(19-14)6-18-16(23)20-7-10-4-12(21)13(22)5-11(10)8-20/h9-13,21-22H,4-8H2,1-3H3,(H,18,23)/t10-,11+,12+,13-. The van der Waals surface area contributed by atoms with Crippen LogP contribution in [0.4, 0.5) is 4.79 Å². The van der Waals surface area contributed by atoms with Crippen LogP contribution in [0.5, 0.6) is 0 Å². The van der Waals surface area contributed by atoms with Crippen LogP contribution in [0, 0.1) is 11.8 Å². The van der Waals surface area contributed by atoms with Gasteiger partial charge in [-0.1, -0.05) is 20.8 Å². The number of aromatic nitrogens is 1. The van der Waals surface area contributed by atoms with E-state index in [-0.39, 0.29) is 11.4 Å². The predicted octanol–water partition coefficient (Wildman–Crippen LogP) is 1.71. The minimum absolute atomic E-state index is 0.0189. The van der Waals surface area contributed by atoms with Crippen LogP contribution in [0.15, 0.2) is 5.38 Å². The Bertz CT molecular complexity index is 580. The first-order chi connectivity index (χ1) is 11.2. The Morgan fingerprint density at radius 1 is 1.29 bits per heavy atom. The van der Waals surface area contributed by atoms with Crippen molar-refractivity contribution in [3.63, 3.8) is 0 Å². The number of likely N-dealkylation sites (tertiary alicyclic amines) is 1. The second kappa shape index (κ2) is 6.61. The van der Waals surface area contributed by atoms with Crippen molar-refractivity contribution < 1.29 is 15.0 Å². The second-order valence-corrected chi connectivity index (χ2v) is 9.01. The van der Waals surface area contributed by atoms with E-state index in [0.717, 1.165) is 10.7 Å². The Hall–Kier alpha value is -1.18. The highest BCUT2D eigenvalue weighted by Gasteiger charge is 2.42. The molecule has 3 rings (SSSR count). The number of aliphatic hydroxyl groups excluding tert-OH is 2. The molecular formula is C17H27N3O3S. The molecule has 1 aliphatic carbocycles. The number of urea groups is 1. The number of rotatable bonds is 2. The molecule has 2 heterocycles. The Morgan fingerprint density at radius 2 is 1.88 bits per heavy atom. The van der Waals surface area contributed by atoms with Crippen LogP contribution in [0.25, 0.3) is 0 Å². The van der Waals surface area contributed by atoms with Gasteiger partial charge in [-0.05, 0) is 24.7 Å². The molecule has 2 aliphatic rings. The summed E-state index contributed by atoms with van der Waals surface area (Å²) in [4.78, 5) is 18.8. The van der Waals surface area contributed by atoms with Gasteiger partial charge < -0.3 is 20.4 Å². The number of thiazole rings is 1. The Morgan fingerprint density at radius 3 is 2.38 bits per heavy atom. The minimum atomic E-state index is -0.652. The number of hydrogen-bond donors (Lipinski definition) is 3. The third-order valence-corrected chi connectivity index (χ3v) is 5.96. The fraction of sp³-hybridized carbons (Fsp3) is 0.765. The van der Waals surface area contributed by atoms with Crippen molar-refractivity contribution >= 4 is 17.4 Å². The van der Waals surface area contributed by atoms with Crippen LogP contribution in [0.1, 0.15) is 44.3 Å². The Balaban J connectivity index is 1.52. The molecule has 7 heteroatoms. The van der Waals surface area contributed by atoms with Crippen molar-refractivity contribution in [1.29, 1.82) is 0 Å². The summed E-state index contributed by atoms with van der Waals surface area (Å²) in [7, 11) is 0. The number of carbonyl (C=O) groups is 1. The van der Waals surface area contributed by atoms with Crippen LogP contribution < -0.4 is 5.32 Å². The van der Waals surface area contributed by atoms with Gasteiger partial charge in [-0.3, -0.25) is 0 Å². The van der Waals surface area contributed by atoms with Gasteiger partial charge in [0.2, 0.25) is 0 Å². The largest absolute Gasteiger partial charge is 0.390 e. The molecule has 0 unspecified atom stereocenters. The van der Waals surface area contributed by atoms with Gasteiger partial charge in [0, 0.05) is 23.9 Å². The summed E-state index contributed by atoms with van der Waals surface area (Å²) in [6.07, 6.45) is -0.144. The summed E-state index contributed by atoms with van der Waals surface area (Å²) in [6, 6.07) is -0.0825. The second-order valence-electron chi connectivity index (χ2n) is 8.07. The predicted molar refractivity (Wildman–Crippen MR) is 92.9 cm³/mol. The molecular weight excluding hydrogens is 326 g/mol. The van der Waals surface area contributed by atoms with E-state index in [4.69, 9.17) is 0 Å². The van der Waals surface area contributed by atoms with Crippen LogP contribution in [-0.4, -0.2) is 51.4 Å². The van der Waals surface area contributed by atoms with E-state index < -0.39 is 12.2 Å². The van der Waals surface area contributed by atoms with E-state index in [1.807, 2.05) is 0 Å². The molecule has 0 aromatic carbocycles. The third-order valence-electron chi connectivity index (χ3n) is 5.11. The van der Waals surface area contributed by atoms with Crippen molar-refractivity contribution in [1.82, 2.24) is 15.2 Å². The van der Waals surface area contributed by atoms with Gasteiger partial charge in [-0.15, -0.1) is 11.3 Å². The molecule has 1 aliphatic heterocycles. The lowest BCUT2D eigenvalue weighted by molar-refractivity contribution is -0.0372. The van der Waals surface area contributed by atoms with E-state index in [1.165, 1.54) is 0 Å². The fourth-order valence-electron chi connectivity index (χ4n) is 3.57. The quantitative estimate of drug-likeness (QED) is 0.756. The molecule has 4 atom stereocenters. The van der Waals surface area contributed by atoms with Crippen molar-refractivity contribution in [3.05, 3.63) is 16.1 Å². The van der Waals surface area contributed by atoms with Crippen molar-refractivity contribution in [2.45, 2.75) is 57.8 Å². The first-order valence-corrected chi connectivity index (χ1v) is 9.46. The number of aliphatic hydroxyl groups is 2. The summed E-state index contributed by atoms with van der Waals surface area (Å²) < 4.78 is 0. The number of nitrogens with zero attached hydrogens (tertiary/aromatic N) is 2. The molecule has 1 aromatic rings. The highest BCUT2D eigenvalue weighted by Crippen LogP contribution is 2.36. The third kappa shape index (κ3) is 3.73. The zero-order valence-corrected chi connectivity index (χ0v) is 15.3. The van der Waals surface area contributed by atoms with Crippen LogP contribution >= 0.6 is 11.3 Å². The lowest BCUT2D eigenvalue weighted by Gasteiger charge is -2.31. The highest BCUT2D eigenvalue weighted by molar-refractivity contribution is 7.09. The Kier molecular flexibility index (Phi) is 4.86. The number of carbonyl (C=O) groups excluding carboxylic acids is 1. The average Bonchev–Trinajstić information content (AvgIpc) is 3.11. The molecule has 3 N–H and O–H groups in total. The van der Waals surface area contributed by atoms with E-state index in [1.54, 1.807) is 16.2 Å². The zero-order valence-electron chi connectivity index (χ0n) is 14.5. The molecule has 1 saturated carbocycles. The smallest absolute Gasteiger partial charge is 0.317 e. The van der Waals surface area contributed by atoms with Crippen LogP contribution in [0.3, 0.4) is 0 Å². The normalized spacial score (nSPS) is 30.3. The lowest BCUT2D eigenvalue weighted by Crippen LogP contribution is -2.38. The van der Waals surface area contributed by atoms with Crippen molar-refractivity contribution in [2.24, 2.45) is 11.8 Å². The monoisotopic (exact) mass is 353 g/mol. The average molecular weight is 353 g/mol. The summed E-state index contributed by atoms with van der Waals surface area (Å²) in [5, 5.41) is 25.5. The van der Waals surface area contributed by atoms with E-state index in [0.29, 0.717) is 44.3 Å². The first kappa shape index (κ1) is 17.6. The summed E-state index contributed by atoms with van der Waals surface area (Å²) >= 11 is 1.57. The number of amides is 2. The molecule has 134 valence electrons. The zero-order chi connectivity index (χ0) is 17.5. The Labute approximate surface area is 146 Å². The van der Waals surface area contributed by atoms with Crippen LogP contribution in [-0.2, 0) is 12.0 Å². The van der Waals surface area contributed by atoms with E-state index in [2.05, 4.69) is 36.5 Å². The molecule has 0 bridgehead atoms. The maximum atomic E-state index is 12.4. The first-order valence-electron chi connectivity index (χ1n) is 8.58. The van der Waals surface area contributed by atoms with Gasteiger partial charge in [0.25, 0.3) is 0 Å². The molecule has 24 heavy (non-hydrogen) atoms. The van der Waals surface area contributed by atoms with Gasteiger partial charge in [0.05, 0.1) is 24.4 Å². The van der Waals surface area contributed by atoms with Crippen LogP contribution in [0.2, 0.25) is 0 Å². The topological polar surface area (TPSA) is 85.7 Å². The maximum absolute atomic E-state index is 12.4. The molecule has 2 amide bonds. The van der Waals surface area contributed by atoms with Gasteiger partial charge >= 0.3 is 6.03 Å². The fourth-order valence-corrected chi connectivity index (χ4v) is 4.53. The maximum Gasteiger partial charge on any atom is 0.317 e. The number of nitrogens with one attached hydrogen (secondary N) is 1.